The molecule has 0 aliphatic rings. The second-order valence-corrected chi connectivity index (χ2v) is 2.19. The largest absolute Gasteiger partial charge is 0.468 e. The third-order valence-corrected chi connectivity index (χ3v) is 0.709. The summed E-state index contributed by atoms with van der Waals surface area (Å²) in [7, 11) is 1.27. The predicted molar refractivity (Wildman–Crippen MR) is 69.4 cm³/mol. The lowest BCUT2D eigenvalue weighted by atomic mass is 10.6. The third kappa shape index (κ3) is 52.3. The van der Waals surface area contributed by atoms with E-state index in [1.807, 2.05) is 27.7 Å². The molecule has 100 valence electrons. The standard InChI is InChI=1S/C5H9NO3.C3H8.2C2H6/c1-4(7)6-3-5(8)9-2;1-3-2;2*1-2/h3H2,1-2H3,(H,6,7);3H2,1-2H3;2*1-2H3. The Bertz CT molecular complexity index is 136. The molecule has 0 aliphatic carbocycles. The summed E-state index contributed by atoms with van der Waals surface area (Å²) in [6, 6.07) is 0. The molecule has 0 radical (unpaired) electrons. The van der Waals surface area contributed by atoms with Crippen molar-refractivity contribution in [1.29, 1.82) is 0 Å². The lowest BCUT2D eigenvalue weighted by Gasteiger charge is -1.97. The van der Waals surface area contributed by atoms with Gasteiger partial charge in [0.15, 0.2) is 0 Å². The first kappa shape index (κ1) is 24.3. The van der Waals surface area contributed by atoms with Crippen LogP contribution in [0.25, 0.3) is 0 Å². The van der Waals surface area contributed by atoms with Gasteiger partial charge in [-0.05, 0) is 0 Å². The van der Waals surface area contributed by atoms with E-state index in [-0.39, 0.29) is 12.5 Å². The van der Waals surface area contributed by atoms with E-state index in [0.29, 0.717) is 0 Å². The van der Waals surface area contributed by atoms with Crippen LogP contribution in [0.15, 0.2) is 0 Å². The van der Waals surface area contributed by atoms with Gasteiger partial charge in [0.05, 0.1) is 7.11 Å². The number of methoxy groups -OCH3 is 1. The first-order valence-corrected chi connectivity index (χ1v) is 5.89. The van der Waals surface area contributed by atoms with Gasteiger partial charge in [0, 0.05) is 6.92 Å². The van der Waals surface area contributed by atoms with E-state index in [4.69, 9.17) is 0 Å². The van der Waals surface area contributed by atoms with Crippen molar-refractivity contribution in [2.75, 3.05) is 13.7 Å². The highest BCUT2D eigenvalue weighted by Gasteiger charge is 1.98. The van der Waals surface area contributed by atoms with Crippen molar-refractivity contribution < 1.29 is 14.3 Å². The molecular weight excluding hydrogens is 206 g/mol. The number of amides is 1. The zero-order valence-electron chi connectivity index (χ0n) is 12.1. The zero-order chi connectivity index (χ0) is 14.0. The number of ether oxygens (including phenoxy) is 1. The summed E-state index contributed by atoms with van der Waals surface area (Å²) in [5.74, 6) is -0.675. The Morgan fingerprint density at radius 1 is 1.06 bits per heavy atom. The van der Waals surface area contributed by atoms with E-state index in [1.54, 1.807) is 0 Å². The summed E-state index contributed by atoms with van der Waals surface area (Å²) in [4.78, 5) is 20.4. The van der Waals surface area contributed by atoms with Gasteiger partial charge >= 0.3 is 5.97 Å². The van der Waals surface area contributed by atoms with Crippen LogP contribution >= 0.6 is 0 Å². The van der Waals surface area contributed by atoms with E-state index >= 15 is 0 Å². The highest BCUT2D eigenvalue weighted by Crippen LogP contribution is 1.68. The van der Waals surface area contributed by atoms with E-state index in [2.05, 4.69) is 23.9 Å². The molecule has 0 heterocycles. The first-order chi connectivity index (χ1) is 7.58. The van der Waals surface area contributed by atoms with Gasteiger partial charge in [-0.15, -0.1) is 0 Å². The quantitative estimate of drug-likeness (QED) is 0.749. The topological polar surface area (TPSA) is 55.4 Å². The lowest BCUT2D eigenvalue weighted by Crippen LogP contribution is -2.27. The van der Waals surface area contributed by atoms with Gasteiger partial charge in [0.2, 0.25) is 5.91 Å². The fourth-order valence-electron chi connectivity index (χ4n) is 0.269. The van der Waals surface area contributed by atoms with Crippen molar-refractivity contribution >= 4 is 11.9 Å². The number of hydrogen-bond donors (Lipinski definition) is 1. The summed E-state index contributed by atoms with van der Waals surface area (Å²) < 4.78 is 4.25. The Hall–Kier alpha value is -1.06. The smallest absolute Gasteiger partial charge is 0.325 e. The maximum Gasteiger partial charge on any atom is 0.325 e. The van der Waals surface area contributed by atoms with Crippen LogP contribution in [-0.2, 0) is 14.3 Å². The van der Waals surface area contributed by atoms with Gasteiger partial charge in [-0.25, -0.2) is 0 Å². The molecule has 0 aliphatic heterocycles. The molecule has 0 saturated carbocycles. The minimum Gasteiger partial charge on any atom is -0.468 e. The summed E-state index contributed by atoms with van der Waals surface area (Å²) in [6.07, 6.45) is 1.25. The predicted octanol–water partition coefficient (Wildman–Crippen LogP) is 2.76. The van der Waals surface area contributed by atoms with E-state index in [1.165, 1.54) is 20.5 Å². The van der Waals surface area contributed by atoms with Crippen LogP contribution in [0.1, 0.15) is 54.9 Å². The molecule has 0 aromatic rings. The number of carbonyl (C=O) groups excluding carboxylic acids is 2. The molecule has 4 heteroatoms. The van der Waals surface area contributed by atoms with Crippen molar-refractivity contribution in [3.63, 3.8) is 0 Å². The normalized spacial score (nSPS) is 6.50. The molecule has 0 spiro atoms. The Morgan fingerprint density at radius 2 is 1.38 bits per heavy atom. The minimum absolute atomic E-state index is 0.0498. The summed E-state index contributed by atoms with van der Waals surface area (Å²) in [5, 5.41) is 2.28. The molecule has 16 heavy (non-hydrogen) atoms. The molecule has 0 atom stereocenters. The first-order valence-electron chi connectivity index (χ1n) is 5.89. The number of carbonyl (C=O) groups is 2. The van der Waals surface area contributed by atoms with Gasteiger partial charge in [-0.3, -0.25) is 9.59 Å². The Morgan fingerprint density at radius 3 is 1.56 bits per heavy atom. The van der Waals surface area contributed by atoms with E-state index in [0.717, 1.165) is 0 Å². The van der Waals surface area contributed by atoms with Crippen LogP contribution in [0.3, 0.4) is 0 Å². The molecule has 0 fully saturated rings. The zero-order valence-corrected chi connectivity index (χ0v) is 12.1. The van der Waals surface area contributed by atoms with Crippen molar-refractivity contribution in [2.24, 2.45) is 0 Å². The monoisotopic (exact) mass is 235 g/mol. The lowest BCUT2D eigenvalue weighted by molar-refractivity contribution is -0.140. The van der Waals surface area contributed by atoms with Crippen LogP contribution in [0, 0.1) is 0 Å². The number of esters is 1. The van der Waals surface area contributed by atoms with Gasteiger partial charge in [-0.2, -0.15) is 0 Å². The second-order valence-electron chi connectivity index (χ2n) is 2.19. The van der Waals surface area contributed by atoms with Gasteiger partial charge < -0.3 is 10.1 Å². The van der Waals surface area contributed by atoms with Crippen LogP contribution in [0.2, 0.25) is 0 Å². The number of hydrogen-bond acceptors (Lipinski definition) is 3. The molecule has 0 aromatic heterocycles. The van der Waals surface area contributed by atoms with Gasteiger partial charge in [-0.1, -0.05) is 48.0 Å². The highest BCUT2D eigenvalue weighted by atomic mass is 16.5. The summed E-state index contributed by atoms with van der Waals surface area (Å²) >= 11 is 0. The van der Waals surface area contributed by atoms with Gasteiger partial charge in [0.25, 0.3) is 0 Å². The average molecular weight is 235 g/mol. The molecule has 0 bridgehead atoms. The SMILES string of the molecule is CC.CC.CCC.COC(=O)CNC(C)=O. The van der Waals surface area contributed by atoms with Crippen molar-refractivity contribution in [3.8, 4) is 0 Å². The Labute approximate surface area is 101 Å². The second kappa shape index (κ2) is 29.2. The van der Waals surface area contributed by atoms with Crippen molar-refractivity contribution in [2.45, 2.75) is 54.9 Å². The Kier molecular flexibility index (Phi) is 44.3. The third-order valence-electron chi connectivity index (χ3n) is 0.709. The molecule has 0 rings (SSSR count). The number of rotatable bonds is 2. The minimum atomic E-state index is -0.440. The molecule has 0 unspecified atom stereocenters. The van der Waals surface area contributed by atoms with E-state index in [9.17, 15) is 9.59 Å². The number of nitrogens with one attached hydrogen (secondary N) is 1. The fraction of sp³-hybridized carbons (Fsp3) is 0.833. The van der Waals surface area contributed by atoms with Crippen LogP contribution in [0.5, 0.6) is 0 Å². The summed E-state index contributed by atoms with van der Waals surface area (Å²) in [5.41, 5.74) is 0. The van der Waals surface area contributed by atoms with Crippen molar-refractivity contribution in [3.05, 3.63) is 0 Å². The Balaban J connectivity index is -0.0000000864. The summed E-state index contributed by atoms with van der Waals surface area (Å²) in [6.45, 7) is 13.5. The maximum atomic E-state index is 10.3. The fourth-order valence-corrected chi connectivity index (χ4v) is 0.269. The van der Waals surface area contributed by atoms with Crippen LogP contribution in [-0.4, -0.2) is 25.5 Å². The molecule has 0 aromatic carbocycles. The van der Waals surface area contributed by atoms with Crippen LogP contribution < -0.4 is 5.32 Å². The van der Waals surface area contributed by atoms with Crippen molar-refractivity contribution in [1.82, 2.24) is 5.32 Å². The molecule has 4 nitrogen and oxygen atoms in total. The highest BCUT2D eigenvalue weighted by molar-refractivity contribution is 5.80. The molecule has 1 N–H and O–H groups in total. The average Bonchev–Trinajstić information content (AvgIpc) is 2.32. The van der Waals surface area contributed by atoms with Crippen LogP contribution in [0.4, 0.5) is 0 Å². The van der Waals surface area contributed by atoms with E-state index < -0.39 is 5.97 Å². The maximum absolute atomic E-state index is 10.3. The molecule has 0 saturated heterocycles. The van der Waals surface area contributed by atoms with Gasteiger partial charge in [0.1, 0.15) is 6.54 Å². The molecular formula is C12H29NO3. The molecule has 1 amide bonds.